The molecule has 3 aromatic carbocycles. The number of oxazole rings is 1. The Bertz CT molecular complexity index is 1710. The summed E-state index contributed by atoms with van der Waals surface area (Å²) in [6.07, 6.45) is 2.52. The number of carbonyl (C=O) groups excluding carboxylic acids is 2. The monoisotopic (exact) mass is 581 g/mol. The Morgan fingerprint density at radius 1 is 0.953 bits per heavy atom. The summed E-state index contributed by atoms with van der Waals surface area (Å²) in [5.41, 5.74) is 4.17. The van der Waals surface area contributed by atoms with Gasteiger partial charge in [-0.1, -0.05) is 36.4 Å². The van der Waals surface area contributed by atoms with Crippen LogP contribution in [0.3, 0.4) is 0 Å². The van der Waals surface area contributed by atoms with Crippen LogP contribution in [0.25, 0.3) is 17.1 Å². The molecule has 2 aromatic heterocycles. The molecule has 0 unspecified atom stereocenters. The van der Waals surface area contributed by atoms with Crippen LogP contribution >= 0.6 is 0 Å². The number of hydrogen-bond donors (Lipinski definition) is 0. The first-order chi connectivity index (χ1) is 21.0. The van der Waals surface area contributed by atoms with E-state index in [1.54, 1.807) is 37.0 Å². The predicted octanol–water partition coefficient (Wildman–Crippen LogP) is 5.92. The van der Waals surface area contributed by atoms with Gasteiger partial charge in [-0.25, -0.2) is 9.67 Å². The lowest BCUT2D eigenvalue weighted by atomic mass is 10.1. The first kappa shape index (κ1) is 29.1. The predicted molar refractivity (Wildman–Crippen MR) is 158 cm³/mol. The second kappa shape index (κ2) is 13.5. The van der Waals surface area contributed by atoms with Crippen molar-refractivity contribution in [2.75, 3.05) is 13.7 Å². The molecule has 220 valence electrons. The van der Waals surface area contributed by atoms with E-state index in [1.807, 2.05) is 67.6 Å². The molecule has 0 aliphatic carbocycles. The van der Waals surface area contributed by atoms with Crippen LogP contribution in [0.4, 0.5) is 0 Å². The highest BCUT2D eigenvalue weighted by Gasteiger charge is 2.16. The highest BCUT2D eigenvalue weighted by molar-refractivity contribution is 5.78. The van der Waals surface area contributed by atoms with Gasteiger partial charge in [0, 0.05) is 11.8 Å². The molecule has 0 aliphatic rings. The standard InChI is InChI=1S/C33H31N3O7/c1-4-40-31(38)17-23-9-8-10-25(15-23)32-34-28(22(2)43-32)21-41-29-14-13-24(16-30(29)39-3)20-42-33-26(19-37)18-36(35-33)27-11-6-5-7-12-27/h5-16,18-19H,4,17,20-21H2,1-3H3. The molecule has 0 saturated carbocycles. The van der Waals surface area contributed by atoms with Crippen molar-refractivity contribution in [1.82, 2.24) is 14.8 Å². The van der Waals surface area contributed by atoms with E-state index in [2.05, 4.69) is 10.1 Å². The second-order valence-electron chi connectivity index (χ2n) is 9.55. The number of para-hydroxylation sites is 1. The molecule has 10 nitrogen and oxygen atoms in total. The Labute approximate surface area is 248 Å². The molecule has 0 amide bonds. The average molecular weight is 582 g/mol. The molecule has 0 atom stereocenters. The minimum Gasteiger partial charge on any atom is -0.493 e. The number of hydrogen-bond acceptors (Lipinski definition) is 9. The van der Waals surface area contributed by atoms with Crippen molar-refractivity contribution in [1.29, 1.82) is 0 Å². The van der Waals surface area contributed by atoms with Gasteiger partial charge in [0.05, 0.1) is 31.4 Å². The zero-order valence-corrected chi connectivity index (χ0v) is 24.1. The molecule has 5 rings (SSSR count). The maximum Gasteiger partial charge on any atom is 0.310 e. The van der Waals surface area contributed by atoms with E-state index < -0.39 is 0 Å². The normalized spacial score (nSPS) is 10.8. The van der Waals surface area contributed by atoms with E-state index in [0.717, 1.165) is 28.7 Å². The van der Waals surface area contributed by atoms with Crippen molar-refractivity contribution in [3.63, 3.8) is 0 Å². The third-order valence-electron chi connectivity index (χ3n) is 6.54. The Hall–Kier alpha value is -5.38. The summed E-state index contributed by atoms with van der Waals surface area (Å²) in [7, 11) is 1.56. The molecule has 0 saturated heterocycles. The Balaban J connectivity index is 1.24. The molecule has 0 spiro atoms. The van der Waals surface area contributed by atoms with E-state index >= 15 is 0 Å². The third kappa shape index (κ3) is 7.10. The number of aryl methyl sites for hydroxylation is 1. The number of benzene rings is 3. The van der Waals surface area contributed by atoms with Crippen molar-refractivity contribution in [3.05, 3.63) is 107 Å². The van der Waals surface area contributed by atoms with Gasteiger partial charge in [-0.15, -0.1) is 5.10 Å². The summed E-state index contributed by atoms with van der Waals surface area (Å²) in [6, 6.07) is 22.4. The van der Waals surface area contributed by atoms with Gasteiger partial charge in [0.15, 0.2) is 17.8 Å². The summed E-state index contributed by atoms with van der Waals surface area (Å²) in [5.74, 6) is 2.05. The Kier molecular flexibility index (Phi) is 9.16. The fourth-order valence-corrected chi connectivity index (χ4v) is 4.37. The fourth-order valence-electron chi connectivity index (χ4n) is 4.37. The van der Waals surface area contributed by atoms with Crippen LogP contribution in [0.2, 0.25) is 0 Å². The number of aromatic nitrogens is 3. The quantitative estimate of drug-likeness (QED) is 0.123. The molecule has 10 heteroatoms. The second-order valence-corrected chi connectivity index (χ2v) is 9.55. The SMILES string of the molecule is CCOC(=O)Cc1cccc(-c2nc(COc3ccc(COc4nn(-c5ccccc5)cc4C=O)cc3OC)c(C)o2)c1. The van der Waals surface area contributed by atoms with Gasteiger partial charge in [0.25, 0.3) is 0 Å². The van der Waals surface area contributed by atoms with Crippen LogP contribution in [0.15, 0.2) is 83.4 Å². The highest BCUT2D eigenvalue weighted by Crippen LogP contribution is 2.31. The van der Waals surface area contributed by atoms with Crippen LogP contribution in [0.5, 0.6) is 17.4 Å². The molecule has 43 heavy (non-hydrogen) atoms. The topological polar surface area (TPSA) is 115 Å². The molecule has 0 N–H and O–H groups in total. The number of ether oxygens (including phenoxy) is 4. The summed E-state index contributed by atoms with van der Waals surface area (Å²) < 4.78 is 30.0. The van der Waals surface area contributed by atoms with Crippen molar-refractivity contribution >= 4 is 12.3 Å². The van der Waals surface area contributed by atoms with Gasteiger partial charge in [0.1, 0.15) is 24.7 Å². The number of esters is 1. The number of methoxy groups -OCH3 is 1. The third-order valence-corrected chi connectivity index (χ3v) is 6.54. The lowest BCUT2D eigenvalue weighted by Crippen LogP contribution is -2.07. The minimum atomic E-state index is -0.284. The zero-order valence-electron chi connectivity index (χ0n) is 24.1. The first-order valence-corrected chi connectivity index (χ1v) is 13.7. The lowest BCUT2D eigenvalue weighted by Gasteiger charge is -2.12. The van der Waals surface area contributed by atoms with E-state index in [-0.39, 0.29) is 31.5 Å². The van der Waals surface area contributed by atoms with E-state index in [4.69, 9.17) is 23.4 Å². The molecule has 0 aliphatic heterocycles. The number of nitrogens with zero attached hydrogens (tertiary/aromatic N) is 3. The van der Waals surface area contributed by atoms with Crippen LogP contribution in [-0.4, -0.2) is 40.7 Å². The molecule has 0 bridgehead atoms. The van der Waals surface area contributed by atoms with Gasteiger partial charge in [-0.3, -0.25) is 9.59 Å². The van der Waals surface area contributed by atoms with Gasteiger partial charge in [0.2, 0.25) is 11.8 Å². The smallest absolute Gasteiger partial charge is 0.310 e. The van der Waals surface area contributed by atoms with E-state index in [1.165, 1.54) is 0 Å². The summed E-state index contributed by atoms with van der Waals surface area (Å²) in [6.45, 7) is 4.27. The average Bonchev–Trinajstić information content (AvgIpc) is 3.62. The van der Waals surface area contributed by atoms with Crippen LogP contribution < -0.4 is 14.2 Å². The maximum atomic E-state index is 11.9. The highest BCUT2D eigenvalue weighted by atomic mass is 16.5. The van der Waals surface area contributed by atoms with Gasteiger partial charge < -0.3 is 23.4 Å². The number of rotatable bonds is 13. The molecule has 0 fully saturated rings. The molecule has 5 aromatic rings. The number of aldehydes is 1. The molecule has 0 radical (unpaired) electrons. The summed E-state index contributed by atoms with van der Waals surface area (Å²) in [4.78, 5) is 28.1. The molecular formula is C33H31N3O7. The maximum absolute atomic E-state index is 11.9. The van der Waals surface area contributed by atoms with Crippen molar-refractivity contribution in [2.24, 2.45) is 0 Å². The van der Waals surface area contributed by atoms with Gasteiger partial charge in [-0.05, 0) is 61.4 Å². The Morgan fingerprint density at radius 3 is 2.56 bits per heavy atom. The van der Waals surface area contributed by atoms with E-state index in [0.29, 0.717) is 41.0 Å². The van der Waals surface area contributed by atoms with Gasteiger partial charge in [-0.2, -0.15) is 0 Å². The fraction of sp³-hybridized carbons (Fsp3) is 0.212. The van der Waals surface area contributed by atoms with Crippen LogP contribution in [0.1, 0.15) is 39.9 Å². The van der Waals surface area contributed by atoms with Crippen molar-refractivity contribution < 1.29 is 33.0 Å². The largest absolute Gasteiger partial charge is 0.493 e. The first-order valence-electron chi connectivity index (χ1n) is 13.7. The Morgan fingerprint density at radius 2 is 1.79 bits per heavy atom. The van der Waals surface area contributed by atoms with Crippen molar-refractivity contribution in [3.8, 4) is 34.5 Å². The zero-order chi connectivity index (χ0) is 30.2. The number of carbonyl (C=O) groups is 2. The van der Waals surface area contributed by atoms with E-state index in [9.17, 15) is 9.59 Å². The lowest BCUT2D eigenvalue weighted by molar-refractivity contribution is -0.142. The summed E-state index contributed by atoms with van der Waals surface area (Å²) >= 11 is 0. The molecular weight excluding hydrogens is 550 g/mol. The van der Waals surface area contributed by atoms with Crippen LogP contribution in [-0.2, 0) is 29.2 Å². The minimum absolute atomic E-state index is 0.156. The van der Waals surface area contributed by atoms with Crippen LogP contribution in [0, 0.1) is 6.92 Å². The molecule has 2 heterocycles. The van der Waals surface area contributed by atoms with Gasteiger partial charge >= 0.3 is 5.97 Å². The summed E-state index contributed by atoms with van der Waals surface area (Å²) in [5, 5.41) is 4.42. The van der Waals surface area contributed by atoms with Crippen molar-refractivity contribution in [2.45, 2.75) is 33.5 Å².